The topological polar surface area (TPSA) is 202 Å². The van der Waals surface area contributed by atoms with Crippen LogP contribution in [0.5, 0.6) is 0 Å². The van der Waals surface area contributed by atoms with Gasteiger partial charge in [0.1, 0.15) is 73.2 Å². The van der Waals surface area contributed by atoms with Crippen LogP contribution in [0, 0.1) is 5.92 Å². The first-order valence-electron chi connectivity index (χ1n) is 18.8. The summed E-state index contributed by atoms with van der Waals surface area (Å²) in [5, 5.41) is 0. The monoisotopic (exact) mass is 848 g/mol. The molecule has 0 radical (unpaired) electrons. The summed E-state index contributed by atoms with van der Waals surface area (Å²) in [7, 11) is 20.8. The highest BCUT2D eigenvalue weighted by Gasteiger charge is 2.55. The molecule has 3 rings (SSSR count). The molecule has 1 unspecified atom stereocenters. The molecule has 0 aromatic carbocycles. The van der Waals surface area contributed by atoms with E-state index in [0.717, 1.165) is 0 Å². The van der Waals surface area contributed by atoms with Gasteiger partial charge >= 0.3 is 0 Å². The van der Waals surface area contributed by atoms with Gasteiger partial charge in [0.2, 0.25) is 0 Å². The highest BCUT2D eigenvalue weighted by molar-refractivity contribution is 5.57. The predicted octanol–water partition coefficient (Wildman–Crippen LogP) is -0.586. The summed E-state index contributed by atoms with van der Waals surface area (Å²) in [5.74, 6) is -0.621. The Bertz CT molecular complexity index is 1110. The molecule has 0 bridgehead atoms. The predicted molar refractivity (Wildman–Crippen MR) is 197 cm³/mol. The van der Waals surface area contributed by atoms with E-state index in [2.05, 4.69) is 0 Å². The van der Waals surface area contributed by atoms with Crippen molar-refractivity contribution in [2.24, 2.45) is 5.92 Å². The second kappa shape index (κ2) is 26.4. The minimum absolute atomic E-state index is 0.0536. The minimum Gasteiger partial charge on any atom is -0.384 e. The normalized spacial score (nSPS) is 37.9. The first-order chi connectivity index (χ1) is 28.1. The molecule has 58 heavy (non-hydrogen) atoms. The van der Waals surface area contributed by atoms with Crippen molar-refractivity contribution in [1.29, 1.82) is 0 Å². The fraction of sp³-hybridized carbons (Fsp3) is 0.973. The molecule has 3 fully saturated rings. The van der Waals surface area contributed by atoms with E-state index in [0.29, 0.717) is 6.29 Å². The van der Waals surface area contributed by atoms with Crippen LogP contribution < -0.4 is 0 Å². The van der Waals surface area contributed by atoms with Gasteiger partial charge in [-0.05, 0) is 0 Å². The summed E-state index contributed by atoms with van der Waals surface area (Å²) < 4.78 is 120. The number of rotatable bonds is 27. The van der Waals surface area contributed by atoms with Gasteiger partial charge in [0.25, 0.3) is 0 Å². The zero-order valence-electron chi connectivity index (χ0n) is 36.2. The first-order valence-corrected chi connectivity index (χ1v) is 18.8. The van der Waals surface area contributed by atoms with Crippen LogP contribution in [0.3, 0.4) is 0 Å². The molecule has 0 spiro atoms. The van der Waals surface area contributed by atoms with Crippen LogP contribution in [0.2, 0.25) is 0 Å². The lowest BCUT2D eigenvalue weighted by atomic mass is 9.93. The molecule has 19 atom stereocenters. The standard InChI is InChI=1S/C37H68O21/c1-39-16-19-23(43-5)29(47-9)34(51-13)57-33(19)55-26(21(42-4)17-40-2)25(56-36-31(49-11)27(45-7)24(44-6)22(54-36)18-41-3)20(15-38)53-37-32(50-12)28(46-8)30(48-10)35(52-14)58-37/h15,19-37H,16-18H2,1-14H3/t19-,20?,21-,22-,23+,24+,25-,26-,27+,28+,29+,30-,31-,32-,33-,34+,35+,36-,37+/m0/s1. The molecule has 0 saturated carbocycles. The van der Waals surface area contributed by atoms with Gasteiger partial charge in [-0.2, -0.15) is 0 Å². The third-order valence-corrected chi connectivity index (χ3v) is 10.7. The lowest BCUT2D eigenvalue weighted by Gasteiger charge is -2.49. The Morgan fingerprint density at radius 3 is 1.33 bits per heavy atom. The Balaban J connectivity index is 2.25. The van der Waals surface area contributed by atoms with Crippen molar-refractivity contribution in [3.05, 3.63) is 0 Å². The van der Waals surface area contributed by atoms with Crippen molar-refractivity contribution in [3.63, 3.8) is 0 Å². The molecular weight excluding hydrogens is 780 g/mol. The van der Waals surface area contributed by atoms with Gasteiger partial charge in [0, 0.05) is 99.5 Å². The lowest BCUT2D eigenvalue weighted by molar-refractivity contribution is -0.386. The number of hydrogen-bond acceptors (Lipinski definition) is 21. The first kappa shape index (κ1) is 51.2. The Morgan fingerprint density at radius 2 is 0.879 bits per heavy atom. The van der Waals surface area contributed by atoms with E-state index >= 15 is 0 Å². The third-order valence-electron chi connectivity index (χ3n) is 10.7. The summed E-state index contributed by atoms with van der Waals surface area (Å²) in [6, 6.07) is 0. The smallest absolute Gasteiger partial charge is 0.190 e. The highest BCUT2D eigenvalue weighted by atomic mass is 16.8. The molecule has 0 N–H and O–H groups in total. The van der Waals surface area contributed by atoms with E-state index in [1.807, 2.05) is 0 Å². The number of hydrogen-bond donors (Lipinski definition) is 0. The van der Waals surface area contributed by atoms with Crippen LogP contribution in [0.4, 0.5) is 0 Å². The molecule has 3 saturated heterocycles. The second-order valence-electron chi connectivity index (χ2n) is 13.6. The van der Waals surface area contributed by atoms with Gasteiger partial charge < -0.3 is 99.5 Å². The Hall–Kier alpha value is -1.13. The average Bonchev–Trinajstić information content (AvgIpc) is 3.25. The van der Waals surface area contributed by atoms with Crippen molar-refractivity contribution in [3.8, 4) is 0 Å². The van der Waals surface area contributed by atoms with Crippen LogP contribution >= 0.6 is 0 Å². The van der Waals surface area contributed by atoms with Crippen LogP contribution in [-0.2, 0) is 99.5 Å². The molecular formula is C37H68O21. The molecule has 0 amide bonds. The van der Waals surface area contributed by atoms with Gasteiger partial charge in [-0.15, -0.1) is 0 Å². The fourth-order valence-corrected chi connectivity index (χ4v) is 7.87. The summed E-state index contributed by atoms with van der Waals surface area (Å²) in [6.07, 6.45) is -17.1. The Morgan fingerprint density at radius 1 is 0.431 bits per heavy atom. The highest BCUT2D eigenvalue weighted by Crippen LogP contribution is 2.37. The quantitative estimate of drug-likeness (QED) is 0.0949. The van der Waals surface area contributed by atoms with Gasteiger partial charge in [0.15, 0.2) is 37.7 Å². The maximum absolute atomic E-state index is 13.6. The fourth-order valence-electron chi connectivity index (χ4n) is 7.87. The minimum atomic E-state index is -1.54. The number of ether oxygens (including phenoxy) is 20. The number of aldehydes is 1. The molecule has 21 nitrogen and oxygen atoms in total. The molecule has 0 aromatic rings. The van der Waals surface area contributed by atoms with Crippen molar-refractivity contribution in [1.82, 2.24) is 0 Å². The third kappa shape index (κ3) is 11.9. The maximum atomic E-state index is 13.6. The molecule has 0 aliphatic carbocycles. The summed E-state index contributed by atoms with van der Waals surface area (Å²) in [4.78, 5) is 13.6. The van der Waals surface area contributed by atoms with Crippen molar-refractivity contribution in [2.75, 3.05) is 119 Å². The zero-order valence-corrected chi connectivity index (χ0v) is 36.2. The van der Waals surface area contributed by atoms with Gasteiger partial charge in [0.05, 0.1) is 31.8 Å². The van der Waals surface area contributed by atoms with Gasteiger partial charge in [-0.3, -0.25) is 0 Å². The molecule has 3 aliphatic rings. The Kier molecular flexibility index (Phi) is 23.3. The van der Waals surface area contributed by atoms with E-state index in [1.54, 1.807) is 0 Å². The van der Waals surface area contributed by atoms with Crippen molar-refractivity contribution in [2.45, 2.75) is 111 Å². The summed E-state index contributed by atoms with van der Waals surface area (Å²) >= 11 is 0. The molecule has 3 heterocycles. The van der Waals surface area contributed by atoms with E-state index in [4.69, 9.17) is 94.7 Å². The molecule has 342 valence electrons. The molecule has 3 aliphatic heterocycles. The van der Waals surface area contributed by atoms with Crippen LogP contribution in [0.15, 0.2) is 0 Å². The average molecular weight is 849 g/mol. The van der Waals surface area contributed by atoms with Gasteiger partial charge in [-0.1, -0.05) is 0 Å². The maximum Gasteiger partial charge on any atom is 0.190 e. The van der Waals surface area contributed by atoms with Crippen LogP contribution in [-0.4, -0.2) is 236 Å². The second-order valence-corrected chi connectivity index (χ2v) is 13.6. The summed E-state index contributed by atoms with van der Waals surface area (Å²) in [5.41, 5.74) is 0. The molecule has 0 aromatic heterocycles. The van der Waals surface area contributed by atoms with E-state index in [9.17, 15) is 4.79 Å². The zero-order chi connectivity index (χ0) is 42.9. The van der Waals surface area contributed by atoms with E-state index in [-0.39, 0.29) is 19.8 Å². The van der Waals surface area contributed by atoms with Crippen molar-refractivity contribution >= 4 is 6.29 Å². The van der Waals surface area contributed by atoms with Crippen molar-refractivity contribution < 1.29 is 99.5 Å². The Labute approximate surface area is 341 Å². The SMILES string of the molecule is COC[C@@H]1[C@@H](O[C@@H]([C@H](COC)OC)[C@@H](O[C@@H]2O[C@@H](COC)[C@@H](OC)[C@@H](OC)[C@@H]2OC)C(C=O)O[C@@H]2O[C@@H](OC)[C@@H](OC)[C@@H](OC)[C@@H]2OC)O[C@@H](OC)[C@H](OC)[C@@H]1OC. The molecule has 21 heteroatoms. The largest absolute Gasteiger partial charge is 0.384 e. The lowest BCUT2D eigenvalue weighted by Crippen LogP contribution is -2.65. The van der Waals surface area contributed by atoms with Crippen LogP contribution in [0.1, 0.15) is 0 Å². The summed E-state index contributed by atoms with van der Waals surface area (Å²) in [6.45, 7) is 0.133. The number of methoxy groups -OCH3 is 14. The van der Waals surface area contributed by atoms with E-state index < -0.39 is 117 Å². The van der Waals surface area contributed by atoms with Crippen LogP contribution in [0.25, 0.3) is 0 Å². The number of carbonyl (C=O) groups excluding carboxylic acids is 1. The van der Waals surface area contributed by atoms with E-state index in [1.165, 1.54) is 99.5 Å². The van der Waals surface area contributed by atoms with Gasteiger partial charge in [-0.25, -0.2) is 0 Å². The number of carbonyl (C=O) groups is 1.